The number of unbranched alkanes of at least 4 members (excludes halogenated alkanes) is 1. The van der Waals surface area contributed by atoms with Crippen LogP contribution in [0.15, 0.2) is 0 Å². The standard InChI is InChI=1S/C15H31NO/c1-7-9-10-13(16-8-2)12-11-14(3,4)17-15(12,5)6/h12-13,16H,7-11H2,1-6H3. The average molecular weight is 241 g/mol. The minimum absolute atomic E-state index is 0.00405. The first-order valence-electron chi connectivity index (χ1n) is 7.26. The van der Waals surface area contributed by atoms with E-state index in [2.05, 4.69) is 46.9 Å². The molecule has 1 saturated heterocycles. The summed E-state index contributed by atoms with van der Waals surface area (Å²) in [6.45, 7) is 14.5. The lowest BCUT2D eigenvalue weighted by Gasteiger charge is -2.33. The van der Waals surface area contributed by atoms with E-state index in [0.717, 1.165) is 6.54 Å². The van der Waals surface area contributed by atoms with Crippen molar-refractivity contribution in [2.75, 3.05) is 6.54 Å². The number of hydrogen-bond donors (Lipinski definition) is 1. The summed E-state index contributed by atoms with van der Waals surface area (Å²) in [6.07, 6.45) is 5.03. The fourth-order valence-electron chi connectivity index (χ4n) is 3.36. The van der Waals surface area contributed by atoms with E-state index in [4.69, 9.17) is 4.74 Å². The van der Waals surface area contributed by atoms with E-state index in [1.54, 1.807) is 0 Å². The maximum Gasteiger partial charge on any atom is 0.0677 e. The van der Waals surface area contributed by atoms with Crippen molar-refractivity contribution in [2.24, 2.45) is 5.92 Å². The van der Waals surface area contributed by atoms with Crippen LogP contribution in [0.3, 0.4) is 0 Å². The molecule has 0 spiro atoms. The SMILES string of the molecule is CCCCC(NCC)C1CC(C)(C)OC1(C)C. The van der Waals surface area contributed by atoms with Crippen LogP contribution < -0.4 is 5.32 Å². The van der Waals surface area contributed by atoms with Gasteiger partial charge >= 0.3 is 0 Å². The normalized spacial score (nSPS) is 28.2. The summed E-state index contributed by atoms with van der Waals surface area (Å²) in [7, 11) is 0. The number of ether oxygens (including phenoxy) is 1. The summed E-state index contributed by atoms with van der Waals surface area (Å²) in [5, 5.41) is 3.67. The first-order valence-corrected chi connectivity index (χ1v) is 7.26. The molecule has 0 aromatic heterocycles. The van der Waals surface area contributed by atoms with Gasteiger partial charge in [-0.3, -0.25) is 0 Å². The van der Waals surface area contributed by atoms with Crippen LogP contribution in [0.1, 0.15) is 67.2 Å². The molecule has 2 unspecified atom stereocenters. The maximum atomic E-state index is 6.22. The Morgan fingerprint density at radius 1 is 1.24 bits per heavy atom. The molecule has 2 nitrogen and oxygen atoms in total. The van der Waals surface area contributed by atoms with E-state index in [0.29, 0.717) is 12.0 Å². The van der Waals surface area contributed by atoms with E-state index in [1.807, 2.05) is 0 Å². The van der Waals surface area contributed by atoms with Gasteiger partial charge in [0.2, 0.25) is 0 Å². The van der Waals surface area contributed by atoms with Crippen molar-refractivity contribution in [3.05, 3.63) is 0 Å². The summed E-state index contributed by atoms with van der Waals surface area (Å²) in [5.41, 5.74) is 0.0398. The Kier molecular flexibility index (Phi) is 5.03. The van der Waals surface area contributed by atoms with Crippen molar-refractivity contribution in [1.82, 2.24) is 5.32 Å². The Hall–Kier alpha value is -0.0800. The van der Waals surface area contributed by atoms with Gasteiger partial charge in [0.1, 0.15) is 0 Å². The molecule has 1 aliphatic heterocycles. The van der Waals surface area contributed by atoms with Crippen molar-refractivity contribution in [1.29, 1.82) is 0 Å². The number of nitrogens with one attached hydrogen (secondary N) is 1. The molecule has 17 heavy (non-hydrogen) atoms. The third-order valence-electron chi connectivity index (χ3n) is 3.96. The van der Waals surface area contributed by atoms with Crippen molar-refractivity contribution >= 4 is 0 Å². The molecule has 0 bridgehead atoms. The van der Waals surface area contributed by atoms with Crippen LogP contribution in [0.25, 0.3) is 0 Å². The van der Waals surface area contributed by atoms with Crippen LogP contribution >= 0.6 is 0 Å². The predicted molar refractivity (Wildman–Crippen MR) is 74.3 cm³/mol. The molecule has 0 radical (unpaired) electrons. The highest BCUT2D eigenvalue weighted by molar-refractivity contribution is 4.99. The molecule has 1 heterocycles. The van der Waals surface area contributed by atoms with E-state index in [1.165, 1.54) is 25.7 Å². The van der Waals surface area contributed by atoms with Crippen LogP contribution in [0, 0.1) is 5.92 Å². The van der Waals surface area contributed by atoms with Gasteiger partial charge in [-0.05, 0) is 47.1 Å². The van der Waals surface area contributed by atoms with Gasteiger partial charge in [-0.15, -0.1) is 0 Å². The van der Waals surface area contributed by atoms with Gasteiger partial charge in [-0.1, -0.05) is 26.7 Å². The van der Waals surface area contributed by atoms with E-state index in [9.17, 15) is 0 Å². The topological polar surface area (TPSA) is 21.3 Å². The molecule has 0 aliphatic carbocycles. The second-order valence-corrected chi connectivity index (χ2v) is 6.58. The van der Waals surface area contributed by atoms with Crippen LogP contribution in [-0.2, 0) is 4.74 Å². The van der Waals surface area contributed by atoms with Gasteiger partial charge < -0.3 is 10.1 Å². The molecule has 1 aliphatic rings. The lowest BCUT2D eigenvalue weighted by molar-refractivity contribution is -0.0779. The van der Waals surface area contributed by atoms with Crippen LogP contribution in [0.2, 0.25) is 0 Å². The first-order chi connectivity index (χ1) is 7.82. The summed E-state index contributed by atoms with van der Waals surface area (Å²) in [5.74, 6) is 0.629. The molecule has 0 saturated carbocycles. The molecule has 0 aromatic carbocycles. The summed E-state index contributed by atoms with van der Waals surface area (Å²) >= 11 is 0. The molecule has 1 N–H and O–H groups in total. The average Bonchev–Trinajstić information content (AvgIpc) is 2.41. The third kappa shape index (κ3) is 3.96. The molecule has 0 aromatic rings. The van der Waals surface area contributed by atoms with Crippen molar-refractivity contribution in [2.45, 2.75) is 84.5 Å². The van der Waals surface area contributed by atoms with Gasteiger partial charge in [-0.25, -0.2) is 0 Å². The highest BCUT2D eigenvalue weighted by Crippen LogP contribution is 2.44. The van der Waals surface area contributed by atoms with E-state index < -0.39 is 0 Å². The van der Waals surface area contributed by atoms with Gasteiger partial charge in [-0.2, -0.15) is 0 Å². The highest BCUT2D eigenvalue weighted by atomic mass is 16.5. The zero-order chi connectivity index (χ0) is 13.1. The zero-order valence-electron chi connectivity index (χ0n) is 12.6. The molecule has 2 heteroatoms. The van der Waals surface area contributed by atoms with Gasteiger partial charge in [0.25, 0.3) is 0 Å². The lowest BCUT2D eigenvalue weighted by Crippen LogP contribution is -2.44. The fourth-order valence-corrected chi connectivity index (χ4v) is 3.36. The molecular weight excluding hydrogens is 210 g/mol. The van der Waals surface area contributed by atoms with Crippen LogP contribution in [-0.4, -0.2) is 23.8 Å². The second kappa shape index (κ2) is 5.71. The Bertz CT molecular complexity index is 235. The first kappa shape index (κ1) is 15.0. The summed E-state index contributed by atoms with van der Waals surface area (Å²) in [4.78, 5) is 0. The fraction of sp³-hybridized carbons (Fsp3) is 1.00. The largest absolute Gasteiger partial charge is 0.369 e. The van der Waals surface area contributed by atoms with E-state index >= 15 is 0 Å². The highest BCUT2D eigenvalue weighted by Gasteiger charge is 2.48. The Balaban J connectivity index is 2.72. The Labute approximate surface area is 108 Å². The molecule has 0 amide bonds. The summed E-state index contributed by atoms with van der Waals surface area (Å²) < 4.78 is 6.22. The second-order valence-electron chi connectivity index (χ2n) is 6.58. The molecule has 102 valence electrons. The smallest absolute Gasteiger partial charge is 0.0677 e. The molecule has 1 rings (SSSR count). The predicted octanol–water partition coefficient (Wildman–Crippen LogP) is 3.75. The Morgan fingerprint density at radius 3 is 2.29 bits per heavy atom. The van der Waals surface area contributed by atoms with Crippen LogP contribution in [0.4, 0.5) is 0 Å². The van der Waals surface area contributed by atoms with Crippen molar-refractivity contribution in [3.63, 3.8) is 0 Å². The molecule has 2 atom stereocenters. The minimum Gasteiger partial charge on any atom is -0.369 e. The van der Waals surface area contributed by atoms with Crippen LogP contribution in [0.5, 0.6) is 0 Å². The van der Waals surface area contributed by atoms with Gasteiger partial charge in [0.05, 0.1) is 11.2 Å². The number of rotatable bonds is 6. The van der Waals surface area contributed by atoms with Crippen molar-refractivity contribution in [3.8, 4) is 0 Å². The lowest BCUT2D eigenvalue weighted by atomic mass is 9.80. The molecule has 1 fully saturated rings. The Morgan fingerprint density at radius 2 is 1.88 bits per heavy atom. The zero-order valence-corrected chi connectivity index (χ0v) is 12.6. The molecular formula is C15H31NO. The summed E-state index contributed by atoms with van der Waals surface area (Å²) in [6, 6.07) is 0.608. The number of hydrogen-bond acceptors (Lipinski definition) is 2. The minimum atomic E-state index is 0.00405. The maximum absolute atomic E-state index is 6.22. The quantitative estimate of drug-likeness (QED) is 0.764. The van der Waals surface area contributed by atoms with Crippen molar-refractivity contribution < 1.29 is 4.74 Å². The van der Waals surface area contributed by atoms with Gasteiger partial charge in [0.15, 0.2) is 0 Å². The third-order valence-corrected chi connectivity index (χ3v) is 3.96. The monoisotopic (exact) mass is 241 g/mol. The van der Waals surface area contributed by atoms with E-state index in [-0.39, 0.29) is 11.2 Å². The van der Waals surface area contributed by atoms with Gasteiger partial charge in [0, 0.05) is 12.0 Å².